The highest BCUT2D eigenvalue weighted by Gasteiger charge is 2.06. The summed E-state index contributed by atoms with van der Waals surface area (Å²) >= 11 is 0. The fraction of sp³-hybridized carbons (Fsp3) is 0.750. The Bertz CT molecular complexity index is 259. The van der Waals surface area contributed by atoms with Gasteiger partial charge in [0.15, 0.2) is 0 Å². The third kappa shape index (κ3) is 10.3. The molecule has 0 rings (SSSR count). The minimum atomic E-state index is -1.84. The molecule has 0 fully saturated rings. The van der Waals surface area contributed by atoms with Crippen molar-refractivity contribution >= 4 is 8.60 Å². The van der Waals surface area contributed by atoms with E-state index < -0.39 is 8.60 Å². The van der Waals surface area contributed by atoms with E-state index in [0.717, 1.165) is 38.5 Å². The average Bonchev–Trinajstić information content (AvgIpc) is 2.47. The van der Waals surface area contributed by atoms with Gasteiger partial charge in [0.1, 0.15) is 0 Å². The molecule has 0 atom stereocenters. The molecule has 0 aliphatic heterocycles. The summed E-state index contributed by atoms with van der Waals surface area (Å²) in [5.41, 5.74) is 2.45. The van der Waals surface area contributed by atoms with Crippen LogP contribution >= 0.6 is 8.60 Å². The topological polar surface area (TPSA) is 38.7 Å². The van der Waals surface area contributed by atoms with Crippen molar-refractivity contribution in [1.82, 2.24) is 0 Å². The predicted molar refractivity (Wildman–Crippen MR) is 87.1 cm³/mol. The summed E-state index contributed by atoms with van der Waals surface area (Å²) in [5, 5.41) is 0. The van der Waals surface area contributed by atoms with E-state index in [2.05, 4.69) is 27.7 Å². The lowest BCUT2D eigenvalue weighted by molar-refractivity contribution is 0.316. The Morgan fingerprint density at radius 3 is 1.55 bits per heavy atom. The number of rotatable bonds is 12. The molecular formula is C16H31O3P. The number of hydrogen-bond donors (Lipinski definition) is 1. The van der Waals surface area contributed by atoms with Crippen LogP contribution in [-0.4, -0.2) is 4.89 Å². The monoisotopic (exact) mass is 302 g/mol. The van der Waals surface area contributed by atoms with Crippen LogP contribution in [0.5, 0.6) is 0 Å². The molecule has 0 heterocycles. The first kappa shape index (κ1) is 19.5. The van der Waals surface area contributed by atoms with E-state index in [0.29, 0.717) is 0 Å². The van der Waals surface area contributed by atoms with Crippen molar-refractivity contribution in [3.05, 3.63) is 23.7 Å². The standard InChI is InChI=1S/C16H31O3P/c1-5-9-11-15(7-3)13-18-20(17)19-14-16(8-4)12-10-6-2/h13-14,17H,5-12H2,1-4H3/b15-13+,16-14+. The zero-order chi connectivity index (χ0) is 15.2. The molecule has 1 N–H and O–H groups in total. The molecule has 118 valence electrons. The quantitative estimate of drug-likeness (QED) is 0.344. The molecule has 20 heavy (non-hydrogen) atoms. The van der Waals surface area contributed by atoms with Gasteiger partial charge in [-0.25, -0.2) is 0 Å². The third-order valence-electron chi connectivity index (χ3n) is 3.23. The van der Waals surface area contributed by atoms with Gasteiger partial charge in [0.2, 0.25) is 0 Å². The van der Waals surface area contributed by atoms with Crippen LogP contribution in [0.3, 0.4) is 0 Å². The Hall–Kier alpha value is -0.530. The maximum absolute atomic E-state index is 9.72. The Kier molecular flexibility index (Phi) is 13.1. The van der Waals surface area contributed by atoms with Crippen molar-refractivity contribution in [2.45, 2.75) is 79.1 Å². The number of allylic oxidation sites excluding steroid dienone is 2. The third-order valence-corrected chi connectivity index (χ3v) is 3.80. The maximum atomic E-state index is 9.72. The summed E-state index contributed by atoms with van der Waals surface area (Å²) in [7, 11) is -1.84. The van der Waals surface area contributed by atoms with Crippen molar-refractivity contribution in [2.24, 2.45) is 0 Å². The van der Waals surface area contributed by atoms with Gasteiger partial charge >= 0.3 is 8.60 Å². The molecule has 0 saturated carbocycles. The molecule has 0 aliphatic rings. The van der Waals surface area contributed by atoms with Crippen LogP contribution in [0.25, 0.3) is 0 Å². The molecule has 0 aromatic heterocycles. The fourth-order valence-corrected chi connectivity index (χ4v) is 2.24. The lowest BCUT2D eigenvalue weighted by Crippen LogP contribution is -1.87. The van der Waals surface area contributed by atoms with Gasteiger partial charge < -0.3 is 13.9 Å². The number of hydrogen-bond acceptors (Lipinski definition) is 3. The minimum Gasteiger partial charge on any atom is -0.426 e. The van der Waals surface area contributed by atoms with Gasteiger partial charge in [0, 0.05) is 0 Å². The first-order valence-electron chi connectivity index (χ1n) is 7.86. The van der Waals surface area contributed by atoms with Crippen LogP contribution in [0, 0.1) is 0 Å². The predicted octanol–water partition coefficient (Wildman–Crippen LogP) is 6.21. The van der Waals surface area contributed by atoms with Gasteiger partial charge in [-0.1, -0.05) is 40.5 Å². The van der Waals surface area contributed by atoms with Crippen molar-refractivity contribution < 1.29 is 13.9 Å². The Balaban J connectivity index is 4.15. The van der Waals surface area contributed by atoms with Gasteiger partial charge in [-0.05, 0) is 49.7 Å². The van der Waals surface area contributed by atoms with Gasteiger partial charge in [0.05, 0.1) is 12.5 Å². The molecule has 0 saturated heterocycles. The van der Waals surface area contributed by atoms with Crippen LogP contribution in [-0.2, 0) is 9.05 Å². The highest BCUT2D eigenvalue weighted by atomic mass is 31.2. The summed E-state index contributed by atoms with van der Waals surface area (Å²) in [4.78, 5) is 9.72. The van der Waals surface area contributed by atoms with Crippen LogP contribution < -0.4 is 0 Å². The highest BCUT2D eigenvalue weighted by Crippen LogP contribution is 2.35. The smallest absolute Gasteiger partial charge is 0.426 e. The molecule has 0 unspecified atom stereocenters. The SMILES string of the molecule is CCCC/C(=C/OP(O)O/C=C(\CC)CCCC)CC. The molecule has 3 nitrogen and oxygen atoms in total. The summed E-state index contributed by atoms with van der Waals surface area (Å²) < 4.78 is 10.6. The molecule has 0 aromatic carbocycles. The van der Waals surface area contributed by atoms with E-state index >= 15 is 0 Å². The normalized spacial score (nSPS) is 14.2. The van der Waals surface area contributed by atoms with Crippen LogP contribution in [0.2, 0.25) is 0 Å². The van der Waals surface area contributed by atoms with Crippen molar-refractivity contribution in [3.8, 4) is 0 Å². The van der Waals surface area contributed by atoms with E-state index in [1.807, 2.05) is 0 Å². The van der Waals surface area contributed by atoms with E-state index in [1.165, 1.54) is 24.0 Å². The van der Waals surface area contributed by atoms with Gasteiger partial charge in [-0.3, -0.25) is 0 Å². The Morgan fingerprint density at radius 1 is 0.850 bits per heavy atom. The summed E-state index contributed by atoms with van der Waals surface area (Å²) in [6.45, 7) is 8.55. The van der Waals surface area contributed by atoms with E-state index in [1.54, 1.807) is 12.5 Å². The summed E-state index contributed by atoms with van der Waals surface area (Å²) in [6, 6.07) is 0. The zero-order valence-corrected chi connectivity index (χ0v) is 14.4. The van der Waals surface area contributed by atoms with Crippen molar-refractivity contribution in [3.63, 3.8) is 0 Å². The van der Waals surface area contributed by atoms with Crippen LogP contribution in [0.1, 0.15) is 79.1 Å². The average molecular weight is 302 g/mol. The van der Waals surface area contributed by atoms with E-state index in [4.69, 9.17) is 9.05 Å². The van der Waals surface area contributed by atoms with Crippen molar-refractivity contribution in [1.29, 1.82) is 0 Å². The Morgan fingerprint density at radius 2 is 1.25 bits per heavy atom. The van der Waals surface area contributed by atoms with Crippen LogP contribution in [0.4, 0.5) is 0 Å². The molecule has 4 heteroatoms. The molecule has 0 aromatic rings. The second-order valence-electron chi connectivity index (χ2n) is 4.92. The van der Waals surface area contributed by atoms with E-state index in [9.17, 15) is 4.89 Å². The first-order valence-corrected chi connectivity index (χ1v) is 8.99. The van der Waals surface area contributed by atoms with Gasteiger partial charge in [-0.15, -0.1) is 0 Å². The first-order chi connectivity index (χ1) is 9.67. The molecule has 0 spiro atoms. The lowest BCUT2D eigenvalue weighted by Gasteiger charge is -2.10. The highest BCUT2D eigenvalue weighted by molar-refractivity contribution is 7.40. The molecule has 0 amide bonds. The molecular weight excluding hydrogens is 271 g/mol. The molecule has 0 radical (unpaired) electrons. The summed E-state index contributed by atoms with van der Waals surface area (Å²) in [6.07, 6.45) is 12.0. The second kappa shape index (κ2) is 13.5. The van der Waals surface area contributed by atoms with Gasteiger partial charge in [-0.2, -0.15) is 0 Å². The van der Waals surface area contributed by atoms with Gasteiger partial charge in [0.25, 0.3) is 0 Å². The number of unbranched alkanes of at least 4 members (excludes halogenated alkanes) is 2. The molecule has 0 aliphatic carbocycles. The van der Waals surface area contributed by atoms with E-state index in [-0.39, 0.29) is 0 Å². The fourth-order valence-electron chi connectivity index (χ4n) is 1.71. The zero-order valence-electron chi connectivity index (χ0n) is 13.5. The summed E-state index contributed by atoms with van der Waals surface area (Å²) in [5.74, 6) is 0. The van der Waals surface area contributed by atoms with Crippen LogP contribution in [0.15, 0.2) is 23.7 Å². The molecule has 0 bridgehead atoms. The minimum absolute atomic E-state index is 0.954. The largest absolute Gasteiger partial charge is 0.459 e. The Labute approximate surface area is 126 Å². The lowest BCUT2D eigenvalue weighted by atomic mass is 10.1. The van der Waals surface area contributed by atoms with Crippen molar-refractivity contribution in [2.75, 3.05) is 0 Å². The second-order valence-corrected chi connectivity index (χ2v) is 5.81. The maximum Gasteiger partial charge on any atom is 0.459 e.